The van der Waals surface area contributed by atoms with Gasteiger partial charge in [0.15, 0.2) is 0 Å². The number of carboxylic acid groups (broad SMARTS) is 1. The molecule has 0 amide bonds. The standard InChI is InChI=1S/C10H10N4O4S/c11-19(17,18)9-3-1-7(2-4-9)14-8(5-10(15)16)6-12-13-14/h1-4,6H,5H2,(H,15,16)(H2,11,17,18). The fraction of sp³-hybridized carbons (Fsp3) is 0.100. The Kier molecular flexibility index (Phi) is 3.32. The Hall–Kier alpha value is -2.26. The van der Waals surface area contributed by atoms with Crippen LogP contribution in [0, 0.1) is 0 Å². The van der Waals surface area contributed by atoms with Crippen molar-refractivity contribution >= 4 is 16.0 Å². The molecule has 0 bridgehead atoms. The van der Waals surface area contributed by atoms with Gasteiger partial charge in [-0.25, -0.2) is 18.2 Å². The molecule has 0 radical (unpaired) electrons. The molecule has 0 saturated heterocycles. The molecule has 1 heterocycles. The molecule has 0 fully saturated rings. The van der Waals surface area contributed by atoms with Crippen LogP contribution in [0.4, 0.5) is 0 Å². The highest BCUT2D eigenvalue weighted by atomic mass is 32.2. The van der Waals surface area contributed by atoms with Gasteiger partial charge in [0.05, 0.1) is 28.9 Å². The molecule has 0 aliphatic heterocycles. The van der Waals surface area contributed by atoms with Crippen LogP contribution in [0.15, 0.2) is 35.4 Å². The predicted octanol–water partition coefficient (Wildman–Crippen LogP) is -0.458. The summed E-state index contributed by atoms with van der Waals surface area (Å²) in [7, 11) is -3.76. The molecule has 0 saturated carbocycles. The molecule has 0 atom stereocenters. The molecular formula is C10H10N4O4S. The molecule has 100 valence electrons. The third-order valence-corrected chi connectivity index (χ3v) is 3.29. The number of nitrogens with two attached hydrogens (primary N) is 1. The Morgan fingerprint density at radius 1 is 1.32 bits per heavy atom. The molecule has 1 aromatic carbocycles. The van der Waals surface area contributed by atoms with E-state index < -0.39 is 16.0 Å². The van der Waals surface area contributed by atoms with Gasteiger partial charge in [0.1, 0.15) is 0 Å². The maximum atomic E-state index is 11.1. The van der Waals surface area contributed by atoms with E-state index in [0.717, 1.165) is 0 Å². The van der Waals surface area contributed by atoms with E-state index in [1.54, 1.807) is 0 Å². The number of benzene rings is 1. The summed E-state index contributed by atoms with van der Waals surface area (Å²) < 4.78 is 23.5. The number of primary sulfonamides is 1. The monoisotopic (exact) mass is 282 g/mol. The van der Waals surface area contributed by atoms with Gasteiger partial charge in [0.2, 0.25) is 10.0 Å². The first-order valence-corrected chi connectivity index (χ1v) is 6.67. The van der Waals surface area contributed by atoms with Crippen molar-refractivity contribution in [2.24, 2.45) is 5.14 Å². The summed E-state index contributed by atoms with van der Waals surface area (Å²) in [5.74, 6) is -1.01. The molecule has 9 heteroatoms. The maximum Gasteiger partial charge on any atom is 0.309 e. The van der Waals surface area contributed by atoms with Gasteiger partial charge in [-0.2, -0.15) is 0 Å². The first-order valence-electron chi connectivity index (χ1n) is 5.12. The van der Waals surface area contributed by atoms with E-state index in [1.807, 2.05) is 0 Å². The van der Waals surface area contributed by atoms with Gasteiger partial charge in [-0.05, 0) is 24.3 Å². The number of hydrogen-bond acceptors (Lipinski definition) is 5. The van der Waals surface area contributed by atoms with Gasteiger partial charge < -0.3 is 5.11 Å². The Balaban J connectivity index is 2.38. The maximum absolute atomic E-state index is 11.1. The van der Waals surface area contributed by atoms with Crippen molar-refractivity contribution in [3.05, 3.63) is 36.2 Å². The molecule has 8 nitrogen and oxygen atoms in total. The number of rotatable bonds is 4. The minimum atomic E-state index is -3.76. The average molecular weight is 282 g/mol. The summed E-state index contributed by atoms with van der Waals surface area (Å²) in [6.07, 6.45) is 1.10. The van der Waals surface area contributed by atoms with Gasteiger partial charge in [0.25, 0.3) is 0 Å². The zero-order chi connectivity index (χ0) is 14.0. The molecule has 0 unspecified atom stereocenters. The lowest BCUT2D eigenvalue weighted by atomic mass is 10.3. The Labute approximate surface area is 108 Å². The van der Waals surface area contributed by atoms with Crippen LogP contribution in [0.25, 0.3) is 5.69 Å². The van der Waals surface area contributed by atoms with E-state index in [0.29, 0.717) is 11.4 Å². The Morgan fingerprint density at radius 3 is 2.47 bits per heavy atom. The van der Waals surface area contributed by atoms with Crippen LogP contribution in [0.3, 0.4) is 0 Å². The van der Waals surface area contributed by atoms with Gasteiger partial charge >= 0.3 is 5.97 Å². The van der Waals surface area contributed by atoms with E-state index in [1.165, 1.54) is 35.1 Å². The van der Waals surface area contributed by atoms with Crippen molar-refractivity contribution < 1.29 is 18.3 Å². The smallest absolute Gasteiger partial charge is 0.309 e. The quantitative estimate of drug-likeness (QED) is 0.781. The third kappa shape index (κ3) is 2.95. The lowest BCUT2D eigenvalue weighted by Crippen LogP contribution is -2.12. The second-order valence-electron chi connectivity index (χ2n) is 3.75. The zero-order valence-corrected chi connectivity index (χ0v) is 10.4. The molecule has 3 N–H and O–H groups in total. The summed E-state index contributed by atoms with van der Waals surface area (Å²) in [6.45, 7) is 0. The number of carbonyl (C=O) groups is 1. The normalized spacial score (nSPS) is 11.4. The number of aromatic nitrogens is 3. The second-order valence-corrected chi connectivity index (χ2v) is 5.31. The molecule has 1 aromatic heterocycles. The van der Waals surface area contributed by atoms with Crippen molar-refractivity contribution in [2.45, 2.75) is 11.3 Å². The molecule has 0 aliphatic rings. The Morgan fingerprint density at radius 2 is 1.95 bits per heavy atom. The first kappa shape index (κ1) is 13.2. The lowest BCUT2D eigenvalue weighted by molar-refractivity contribution is -0.136. The largest absolute Gasteiger partial charge is 0.481 e. The highest BCUT2D eigenvalue weighted by Gasteiger charge is 2.12. The zero-order valence-electron chi connectivity index (χ0n) is 9.59. The topological polar surface area (TPSA) is 128 Å². The van der Waals surface area contributed by atoms with Crippen molar-refractivity contribution in [2.75, 3.05) is 0 Å². The summed E-state index contributed by atoms with van der Waals surface area (Å²) in [6, 6.07) is 5.58. The summed E-state index contributed by atoms with van der Waals surface area (Å²) in [4.78, 5) is 10.6. The number of aliphatic carboxylic acids is 1. The van der Waals surface area contributed by atoms with Crippen molar-refractivity contribution in [3.63, 3.8) is 0 Å². The van der Waals surface area contributed by atoms with Gasteiger partial charge in [-0.1, -0.05) is 5.21 Å². The van der Waals surface area contributed by atoms with E-state index in [2.05, 4.69) is 10.3 Å². The van der Waals surface area contributed by atoms with Crippen molar-refractivity contribution in [1.29, 1.82) is 0 Å². The van der Waals surface area contributed by atoms with Crippen molar-refractivity contribution in [3.8, 4) is 5.69 Å². The van der Waals surface area contributed by atoms with Gasteiger partial charge in [0, 0.05) is 0 Å². The fourth-order valence-electron chi connectivity index (χ4n) is 1.53. The van der Waals surface area contributed by atoms with E-state index in [-0.39, 0.29) is 11.3 Å². The second kappa shape index (κ2) is 4.78. The van der Waals surface area contributed by atoms with Crippen molar-refractivity contribution in [1.82, 2.24) is 15.0 Å². The van der Waals surface area contributed by atoms with Crippen LogP contribution in [0.5, 0.6) is 0 Å². The minimum absolute atomic E-state index is 0.0313. The van der Waals surface area contributed by atoms with Crippen LogP contribution < -0.4 is 5.14 Å². The van der Waals surface area contributed by atoms with Crippen LogP contribution >= 0.6 is 0 Å². The molecular weight excluding hydrogens is 272 g/mol. The van der Waals surface area contributed by atoms with Crippen LogP contribution in [-0.4, -0.2) is 34.5 Å². The highest BCUT2D eigenvalue weighted by Crippen LogP contribution is 2.13. The molecule has 2 aromatic rings. The van der Waals surface area contributed by atoms with E-state index in [9.17, 15) is 13.2 Å². The first-order chi connectivity index (χ1) is 8.88. The van der Waals surface area contributed by atoms with Crippen LogP contribution in [0.1, 0.15) is 5.69 Å². The molecule has 19 heavy (non-hydrogen) atoms. The van der Waals surface area contributed by atoms with Crippen LogP contribution in [0.2, 0.25) is 0 Å². The van der Waals surface area contributed by atoms with Gasteiger partial charge in [-0.3, -0.25) is 4.79 Å². The lowest BCUT2D eigenvalue weighted by Gasteiger charge is -2.05. The molecule has 2 rings (SSSR count). The molecule has 0 aliphatic carbocycles. The van der Waals surface area contributed by atoms with E-state index in [4.69, 9.17) is 10.2 Å². The number of nitrogens with zero attached hydrogens (tertiary/aromatic N) is 3. The molecule has 0 spiro atoms. The SMILES string of the molecule is NS(=O)(=O)c1ccc(-n2nncc2CC(=O)O)cc1. The minimum Gasteiger partial charge on any atom is -0.481 e. The number of hydrogen-bond donors (Lipinski definition) is 2. The van der Waals surface area contributed by atoms with Crippen LogP contribution in [-0.2, 0) is 21.2 Å². The average Bonchev–Trinajstić information content (AvgIpc) is 2.75. The fourth-order valence-corrected chi connectivity index (χ4v) is 2.04. The summed E-state index contributed by atoms with van der Waals surface area (Å²) in [5, 5.41) is 21.1. The third-order valence-electron chi connectivity index (χ3n) is 2.36. The number of carboxylic acids is 1. The van der Waals surface area contributed by atoms with Gasteiger partial charge in [-0.15, -0.1) is 5.10 Å². The summed E-state index contributed by atoms with van der Waals surface area (Å²) in [5.41, 5.74) is 0.886. The summed E-state index contributed by atoms with van der Waals surface area (Å²) >= 11 is 0. The highest BCUT2D eigenvalue weighted by molar-refractivity contribution is 7.89. The predicted molar refractivity (Wildman–Crippen MR) is 64.1 cm³/mol. The van der Waals surface area contributed by atoms with E-state index >= 15 is 0 Å². The number of sulfonamides is 1. The Bertz CT molecular complexity index is 705.